The summed E-state index contributed by atoms with van der Waals surface area (Å²) in [6, 6.07) is 11.2. The highest BCUT2D eigenvalue weighted by Gasteiger charge is 2.30. The van der Waals surface area contributed by atoms with Gasteiger partial charge in [-0.3, -0.25) is 4.98 Å². The van der Waals surface area contributed by atoms with Gasteiger partial charge < -0.3 is 0 Å². The van der Waals surface area contributed by atoms with Crippen molar-refractivity contribution in [1.29, 1.82) is 0 Å². The Morgan fingerprint density at radius 2 is 1.90 bits per heavy atom. The van der Waals surface area contributed by atoms with E-state index in [4.69, 9.17) is 0 Å². The molecule has 0 spiro atoms. The summed E-state index contributed by atoms with van der Waals surface area (Å²) < 4.78 is 37.7. The van der Waals surface area contributed by atoms with E-state index in [1.54, 1.807) is 24.0 Å². The van der Waals surface area contributed by atoms with Gasteiger partial charge in [0.2, 0.25) is 0 Å². The number of aryl methyl sites for hydroxylation is 1. The van der Waals surface area contributed by atoms with Gasteiger partial charge >= 0.3 is 6.18 Å². The van der Waals surface area contributed by atoms with Crippen molar-refractivity contribution in [3.05, 3.63) is 65.5 Å². The summed E-state index contributed by atoms with van der Waals surface area (Å²) >= 11 is 1.61. The molecule has 0 bridgehead atoms. The number of benzene rings is 1. The minimum Gasteiger partial charge on any atom is -0.261 e. The van der Waals surface area contributed by atoms with E-state index in [9.17, 15) is 13.2 Å². The van der Waals surface area contributed by atoms with Crippen LogP contribution in [0.15, 0.2) is 48.7 Å². The Morgan fingerprint density at radius 3 is 2.60 bits per heavy atom. The first-order valence-corrected chi connectivity index (χ1v) is 7.35. The van der Waals surface area contributed by atoms with Crippen LogP contribution in [0.5, 0.6) is 0 Å². The zero-order valence-corrected chi connectivity index (χ0v) is 11.5. The van der Waals surface area contributed by atoms with E-state index in [1.165, 1.54) is 12.1 Å². The molecule has 0 radical (unpaired) electrons. The minimum absolute atomic E-state index is 0.580. The average Bonchev–Trinajstić information content (AvgIpc) is 2.44. The van der Waals surface area contributed by atoms with Crippen LogP contribution in [0.25, 0.3) is 0 Å². The maximum absolute atomic E-state index is 12.6. The third kappa shape index (κ3) is 4.56. The fraction of sp³-hybridized carbons (Fsp3) is 0.267. The molecule has 0 aliphatic carbocycles. The van der Waals surface area contributed by atoms with Crippen LogP contribution in [0, 0.1) is 0 Å². The van der Waals surface area contributed by atoms with E-state index in [-0.39, 0.29) is 0 Å². The number of nitrogens with zero attached hydrogens (tertiary/aromatic N) is 1. The Morgan fingerprint density at radius 1 is 1.05 bits per heavy atom. The summed E-state index contributed by atoms with van der Waals surface area (Å²) in [5, 5.41) is 0. The first kappa shape index (κ1) is 14.9. The maximum atomic E-state index is 12.6. The summed E-state index contributed by atoms with van der Waals surface area (Å²) in [7, 11) is 0. The van der Waals surface area contributed by atoms with Gasteiger partial charge in [-0.2, -0.15) is 24.9 Å². The summed E-state index contributed by atoms with van der Waals surface area (Å²) in [5.41, 5.74) is 1.12. The molecule has 20 heavy (non-hydrogen) atoms. The monoisotopic (exact) mass is 297 g/mol. The highest BCUT2D eigenvalue weighted by atomic mass is 32.2. The molecular formula is C15H14F3NS. The molecule has 0 amide bonds. The number of hydrogen-bond acceptors (Lipinski definition) is 2. The lowest BCUT2D eigenvalue weighted by Crippen LogP contribution is -2.05. The van der Waals surface area contributed by atoms with E-state index in [0.29, 0.717) is 11.3 Å². The van der Waals surface area contributed by atoms with Gasteiger partial charge in [0.15, 0.2) is 0 Å². The van der Waals surface area contributed by atoms with E-state index < -0.39 is 11.7 Å². The van der Waals surface area contributed by atoms with Gasteiger partial charge in [-0.15, -0.1) is 0 Å². The highest BCUT2D eigenvalue weighted by molar-refractivity contribution is 7.98. The fourth-order valence-corrected chi connectivity index (χ4v) is 2.66. The van der Waals surface area contributed by atoms with Gasteiger partial charge in [-0.25, -0.2) is 0 Å². The van der Waals surface area contributed by atoms with Crippen LogP contribution >= 0.6 is 11.8 Å². The van der Waals surface area contributed by atoms with Gasteiger partial charge in [0.05, 0.1) is 5.56 Å². The second-order valence-electron chi connectivity index (χ2n) is 4.32. The average molecular weight is 297 g/mol. The number of thioether (sulfide) groups is 1. The van der Waals surface area contributed by atoms with Crippen molar-refractivity contribution in [1.82, 2.24) is 4.98 Å². The van der Waals surface area contributed by atoms with Crippen LogP contribution < -0.4 is 0 Å². The molecular weight excluding hydrogens is 283 g/mol. The Balaban J connectivity index is 1.83. The molecule has 0 saturated heterocycles. The largest absolute Gasteiger partial charge is 0.416 e. The Hall–Kier alpha value is -1.49. The first-order valence-electron chi connectivity index (χ1n) is 6.19. The van der Waals surface area contributed by atoms with Gasteiger partial charge in [0, 0.05) is 17.6 Å². The van der Waals surface area contributed by atoms with Crippen molar-refractivity contribution >= 4 is 11.8 Å². The van der Waals surface area contributed by atoms with Crippen LogP contribution in [0.3, 0.4) is 0 Å². The van der Waals surface area contributed by atoms with Crippen LogP contribution in [0.4, 0.5) is 13.2 Å². The molecule has 0 N–H and O–H groups in total. The molecule has 0 aliphatic rings. The zero-order valence-electron chi connectivity index (χ0n) is 10.7. The van der Waals surface area contributed by atoms with E-state index in [2.05, 4.69) is 4.98 Å². The van der Waals surface area contributed by atoms with Crippen molar-refractivity contribution in [2.75, 3.05) is 5.75 Å². The second kappa shape index (κ2) is 6.79. The molecule has 1 aromatic carbocycles. The standard InChI is InChI=1S/C15H14F3NS/c16-15(17,18)13-5-3-4-12(10-13)11-20-9-7-14-6-1-2-8-19-14/h1-6,8,10H,7,9,11H2. The lowest BCUT2D eigenvalue weighted by atomic mass is 10.1. The molecule has 2 aromatic rings. The number of aromatic nitrogens is 1. The second-order valence-corrected chi connectivity index (χ2v) is 5.43. The van der Waals surface area contributed by atoms with Gasteiger partial charge in [-0.05, 0) is 35.9 Å². The number of rotatable bonds is 5. The molecule has 106 valence electrons. The molecule has 0 atom stereocenters. The molecule has 5 heteroatoms. The smallest absolute Gasteiger partial charge is 0.261 e. The number of pyridine rings is 1. The molecule has 1 aromatic heterocycles. The quantitative estimate of drug-likeness (QED) is 0.749. The van der Waals surface area contributed by atoms with Gasteiger partial charge in [0.25, 0.3) is 0 Å². The van der Waals surface area contributed by atoms with Crippen LogP contribution in [-0.4, -0.2) is 10.7 Å². The van der Waals surface area contributed by atoms with Crippen molar-refractivity contribution in [2.24, 2.45) is 0 Å². The normalized spacial score (nSPS) is 11.6. The van der Waals surface area contributed by atoms with Crippen molar-refractivity contribution in [2.45, 2.75) is 18.3 Å². The molecule has 0 unspecified atom stereocenters. The van der Waals surface area contributed by atoms with Crippen molar-refractivity contribution < 1.29 is 13.2 Å². The molecule has 0 aliphatic heterocycles. The number of halogens is 3. The number of hydrogen-bond donors (Lipinski definition) is 0. The Bertz CT molecular complexity index is 540. The van der Waals surface area contributed by atoms with Crippen LogP contribution in [0.1, 0.15) is 16.8 Å². The summed E-state index contributed by atoms with van der Waals surface area (Å²) in [5.74, 6) is 1.42. The topological polar surface area (TPSA) is 12.9 Å². The maximum Gasteiger partial charge on any atom is 0.416 e. The summed E-state index contributed by atoms with van der Waals surface area (Å²) in [6.07, 6.45) is -1.70. The molecule has 1 nitrogen and oxygen atoms in total. The molecule has 1 heterocycles. The predicted molar refractivity (Wildman–Crippen MR) is 75.5 cm³/mol. The minimum atomic E-state index is -4.27. The van der Waals surface area contributed by atoms with Gasteiger partial charge in [0.1, 0.15) is 0 Å². The lowest BCUT2D eigenvalue weighted by Gasteiger charge is -2.08. The Kier molecular flexibility index (Phi) is 5.06. The molecule has 2 rings (SSSR count). The highest BCUT2D eigenvalue weighted by Crippen LogP contribution is 2.30. The Labute approximate surface area is 120 Å². The van der Waals surface area contributed by atoms with Crippen LogP contribution in [0.2, 0.25) is 0 Å². The van der Waals surface area contributed by atoms with E-state index >= 15 is 0 Å². The van der Waals surface area contributed by atoms with Crippen molar-refractivity contribution in [3.8, 4) is 0 Å². The summed E-state index contributed by atoms with van der Waals surface area (Å²) in [4.78, 5) is 4.21. The molecule has 0 saturated carbocycles. The van der Waals surface area contributed by atoms with Crippen LogP contribution in [-0.2, 0) is 18.3 Å². The third-order valence-corrected chi connectivity index (χ3v) is 3.78. The van der Waals surface area contributed by atoms with E-state index in [0.717, 1.165) is 23.9 Å². The van der Waals surface area contributed by atoms with Gasteiger partial charge in [-0.1, -0.05) is 24.3 Å². The summed E-state index contributed by atoms with van der Waals surface area (Å²) in [6.45, 7) is 0. The zero-order chi connectivity index (χ0) is 14.4. The first-order chi connectivity index (χ1) is 9.55. The third-order valence-electron chi connectivity index (χ3n) is 2.75. The fourth-order valence-electron chi connectivity index (χ4n) is 1.75. The predicted octanol–water partition coefficient (Wildman–Crippen LogP) is 4.58. The lowest BCUT2D eigenvalue weighted by molar-refractivity contribution is -0.137. The number of alkyl halides is 3. The molecule has 0 fully saturated rings. The van der Waals surface area contributed by atoms with Crippen molar-refractivity contribution in [3.63, 3.8) is 0 Å². The SMILES string of the molecule is FC(F)(F)c1cccc(CSCCc2ccccn2)c1. The van der Waals surface area contributed by atoms with E-state index in [1.807, 2.05) is 18.2 Å².